The van der Waals surface area contributed by atoms with Gasteiger partial charge in [-0.15, -0.1) is 0 Å². The summed E-state index contributed by atoms with van der Waals surface area (Å²) in [6, 6.07) is 5.83. The SMILES string of the molecule is Cc1ccc(C(O)C#CC2CC3C(=NOCC(=O)O)CC3C2O)c(C)c1. The van der Waals surface area contributed by atoms with E-state index in [0.29, 0.717) is 12.8 Å². The average Bonchev–Trinajstić information content (AvgIpc) is 2.80. The van der Waals surface area contributed by atoms with Crippen molar-refractivity contribution < 1.29 is 25.0 Å². The quantitative estimate of drug-likeness (QED) is 0.564. The fourth-order valence-corrected chi connectivity index (χ4v) is 3.82. The van der Waals surface area contributed by atoms with E-state index >= 15 is 0 Å². The predicted molar refractivity (Wildman–Crippen MR) is 95.4 cm³/mol. The van der Waals surface area contributed by atoms with Crippen molar-refractivity contribution in [2.45, 2.75) is 38.9 Å². The highest BCUT2D eigenvalue weighted by molar-refractivity contribution is 5.93. The summed E-state index contributed by atoms with van der Waals surface area (Å²) in [6.45, 7) is 3.48. The molecular weight excluding hydrogens is 334 g/mol. The highest BCUT2D eigenvalue weighted by atomic mass is 16.6. The molecule has 0 heterocycles. The molecule has 2 aliphatic rings. The van der Waals surface area contributed by atoms with Gasteiger partial charge in [0.05, 0.1) is 11.8 Å². The van der Waals surface area contributed by atoms with Crippen LogP contribution in [0.5, 0.6) is 0 Å². The van der Waals surface area contributed by atoms with E-state index in [4.69, 9.17) is 9.94 Å². The number of carboxylic acids is 1. The van der Waals surface area contributed by atoms with E-state index in [2.05, 4.69) is 17.0 Å². The molecule has 3 rings (SSSR count). The smallest absolute Gasteiger partial charge is 0.344 e. The number of benzene rings is 1. The lowest BCUT2D eigenvalue weighted by Crippen LogP contribution is -2.38. The van der Waals surface area contributed by atoms with Gasteiger partial charge in [-0.2, -0.15) is 0 Å². The minimum absolute atomic E-state index is 0.0800. The lowest BCUT2D eigenvalue weighted by Gasteiger charge is -2.33. The standard InChI is InChI=1S/C20H23NO5/c1-11-3-5-14(12(2)7-11)18(22)6-4-13-8-15-16(20(13)25)9-17(15)21-26-10-19(23)24/h3,5,7,13,15-16,18,20,22,25H,8-10H2,1-2H3,(H,23,24). The molecule has 0 bridgehead atoms. The van der Waals surface area contributed by atoms with Crippen LogP contribution in [0.25, 0.3) is 0 Å². The molecule has 6 nitrogen and oxygen atoms in total. The minimum atomic E-state index is -1.07. The van der Waals surface area contributed by atoms with Crippen LogP contribution in [0.2, 0.25) is 0 Å². The van der Waals surface area contributed by atoms with Gasteiger partial charge in [0.25, 0.3) is 0 Å². The zero-order chi connectivity index (χ0) is 18.8. The summed E-state index contributed by atoms with van der Waals surface area (Å²) >= 11 is 0. The first-order valence-electron chi connectivity index (χ1n) is 8.71. The molecule has 0 saturated heterocycles. The summed E-state index contributed by atoms with van der Waals surface area (Å²) in [5.74, 6) is 4.77. The van der Waals surface area contributed by atoms with Gasteiger partial charge < -0.3 is 20.2 Å². The normalized spacial score (nSPS) is 29.3. The Labute approximate surface area is 152 Å². The van der Waals surface area contributed by atoms with Crippen molar-refractivity contribution in [2.24, 2.45) is 22.9 Å². The van der Waals surface area contributed by atoms with E-state index in [0.717, 1.165) is 22.4 Å². The summed E-state index contributed by atoms with van der Waals surface area (Å²) < 4.78 is 0. The van der Waals surface area contributed by atoms with Crippen LogP contribution in [0.1, 0.15) is 35.6 Å². The summed E-state index contributed by atoms with van der Waals surface area (Å²) in [5.41, 5.74) is 3.69. The number of hydrogen-bond acceptors (Lipinski definition) is 5. The zero-order valence-electron chi connectivity index (χ0n) is 14.8. The van der Waals surface area contributed by atoms with Gasteiger partial charge in [-0.25, -0.2) is 4.79 Å². The summed E-state index contributed by atoms with van der Waals surface area (Å²) in [5, 5.41) is 33.2. The highest BCUT2D eigenvalue weighted by Crippen LogP contribution is 2.48. The lowest BCUT2D eigenvalue weighted by molar-refractivity contribution is -0.142. The van der Waals surface area contributed by atoms with Gasteiger partial charge in [0.2, 0.25) is 6.61 Å². The Morgan fingerprint density at radius 3 is 2.88 bits per heavy atom. The zero-order valence-corrected chi connectivity index (χ0v) is 14.8. The molecule has 0 amide bonds. The van der Waals surface area contributed by atoms with Crippen molar-refractivity contribution in [1.29, 1.82) is 0 Å². The van der Waals surface area contributed by atoms with Gasteiger partial charge in [0.15, 0.2) is 0 Å². The van der Waals surface area contributed by atoms with E-state index in [1.165, 1.54) is 0 Å². The molecule has 2 aliphatic carbocycles. The van der Waals surface area contributed by atoms with E-state index in [-0.39, 0.29) is 17.8 Å². The number of carboxylic acid groups (broad SMARTS) is 1. The molecule has 138 valence electrons. The number of fused-ring (bicyclic) bond motifs is 1. The Bertz CT molecular complexity index is 791. The molecule has 1 aromatic carbocycles. The van der Waals surface area contributed by atoms with E-state index in [1.807, 2.05) is 32.0 Å². The van der Waals surface area contributed by atoms with Crippen LogP contribution >= 0.6 is 0 Å². The van der Waals surface area contributed by atoms with Crippen LogP contribution in [-0.2, 0) is 9.63 Å². The number of nitrogens with zero attached hydrogens (tertiary/aromatic N) is 1. The van der Waals surface area contributed by atoms with Crippen molar-refractivity contribution in [3.63, 3.8) is 0 Å². The first kappa shape index (κ1) is 18.4. The second-order valence-electron chi connectivity index (χ2n) is 7.11. The molecule has 6 heteroatoms. The number of aliphatic carboxylic acids is 1. The first-order chi connectivity index (χ1) is 12.4. The van der Waals surface area contributed by atoms with Gasteiger partial charge in [-0.05, 0) is 43.7 Å². The lowest BCUT2D eigenvalue weighted by atomic mass is 9.73. The van der Waals surface area contributed by atoms with Gasteiger partial charge in [-0.1, -0.05) is 40.8 Å². The Kier molecular flexibility index (Phi) is 5.30. The summed E-state index contributed by atoms with van der Waals surface area (Å²) in [6.07, 6.45) is -0.193. The van der Waals surface area contributed by atoms with E-state index in [9.17, 15) is 15.0 Å². The largest absolute Gasteiger partial charge is 0.479 e. The molecule has 1 aromatic rings. The van der Waals surface area contributed by atoms with E-state index in [1.54, 1.807) is 0 Å². The summed E-state index contributed by atoms with van der Waals surface area (Å²) in [4.78, 5) is 15.2. The number of carbonyl (C=O) groups is 1. The monoisotopic (exact) mass is 357 g/mol. The molecule has 0 aliphatic heterocycles. The molecule has 2 saturated carbocycles. The maximum Gasteiger partial charge on any atom is 0.344 e. The summed E-state index contributed by atoms with van der Waals surface area (Å²) in [7, 11) is 0. The molecule has 0 spiro atoms. The number of aliphatic hydroxyl groups is 2. The maximum atomic E-state index is 10.5. The maximum absolute atomic E-state index is 10.5. The molecular formula is C20H23NO5. The fraction of sp³-hybridized carbons (Fsp3) is 0.500. The molecule has 3 N–H and O–H groups in total. The molecule has 0 radical (unpaired) electrons. The highest BCUT2D eigenvalue weighted by Gasteiger charge is 2.51. The third kappa shape index (κ3) is 3.74. The number of oxime groups is 1. The second-order valence-corrected chi connectivity index (χ2v) is 7.11. The molecule has 5 unspecified atom stereocenters. The van der Waals surface area contributed by atoms with Crippen molar-refractivity contribution in [2.75, 3.05) is 6.61 Å². The Hall–Kier alpha value is -2.36. The Balaban J connectivity index is 1.63. The number of hydrogen-bond donors (Lipinski definition) is 3. The number of rotatable bonds is 4. The van der Waals surface area contributed by atoms with Crippen LogP contribution in [0.15, 0.2) is 23.4 Å². The van der Waals surface area contributed by atoms with Gasteiger partial charge in [-0.3, -0.25) is 0 Å². The number of aliphatic hydroxyl groups excluding tert-OH is 2. The topological polar surface area (TPSA) is 99.4 Å². The van der Waals surface area contributed by atoms with Crippen LogP contribution in [0, 0.1) is 43.4 Å². The third-order valence-corrected chi connectivity index (χ3v) is 5.24. The Morgan fingerprint density at radius 2 is 2.19 bits per heavy atom. The van der Waals surface area contributed by atoms with Crippen molar-refractivity contribution in [3.05, 3.63) is 34.9 Å². The van der Waals surface area contributed by atoms with Gasteiger partial charge in [0, 0.05) is 11.8 Å². The van der Waals surface area contributed by atoms with E-state index < -0.39 is 24.8 Å². The van der Waals surface area contributed by atoms with Gasteiger partial charge >= 0.3 is 5.97 Å². The van der Waals surface area contributed by atoms with Crippen molar-refractivity contribution >= 4 is 11.7 Å². The van der Waals surface area contributed by atoms with Gasteiger partial charge in [0.1, 0.15) is 6.10 Å². The van der Waals surface area contributed by atoms with Crippen molar-refractivity contribution in [1.82, 2.24) is 0 Å². The van der Waals surface area contributed by atoms with Crippen LogP contribution in [0.4, 0.5) is 0 Å². The molecule has 26 heavy (non-hydrogen) atoms. The predicted octanol–water partition coefficient (Wildman–Crippen LogP) is 1.81. The minimum Gasteiger partial charge on any atom is -0.479 e. The molecule has 0 aromatic heterocycles. The third-order valence-electron chi connectivity index (χ3n) is 5.24. The average molecular weight is 357 g/mol. The Morgan fingerprint density at radius 1 is 1.42 bits per heavy atom. The molecule has 2 fully saturated rings. The van der Waals surface area contributed by atoms with Crippen LogP contribution in [-0.4, -0.2) is 39.7 Å². The fourth-order valence-electron chi connectivity index (χ4n) is 3.82. The van der Waals surface area contributed by atoms with Crippen LogP contribution < -0.4 is 0 Å². The second kappa shape index (κ2) is 7.48. The number of aryl methyl sites for hydroxylation is 2. The van der Waals surface area contributed by atoms with Crippen LogP contribution in [0.3, 0.4) is 0 Å². The van der Waals surface area contributed by atoms with Crippen molar-refractivity contribution in [3.8, 4) is 11.8 Å². The molecule has 5 atom stereocenters. The first-order valence-corrected chi connectivity index (χ1v) is 8.71.